The second-order valence-corrected chi connectivity index (χ2v) is 13.1. The van der Waals surface area contributed by atoms with Crippen molar-refractivity contribution in [1.29, 1.82) is 0 Å². The molecule has 0 N–H and O–H groups in total. The van der Waals surface area contributed by atoms with E-state index >= 15 is 0 Å². The lowest BCUT2D eigenvalue weighted by molar-refractivity contribution is 0.0675. The SMILES string of the molecule is C=CC[Si]1(c2ccccc2)OCc2cc(OCC[Si](OCC)(OCC)OCC)ccc2O1. The molecule has 1 aliphatic rings. The fourth-order valence-corrected chi connectivity index (χ4v) is 8.96. The van der Waals surface area contributed by atoms with Crippen LogP contribution >= 0.6 is 0 Å². The molecule has 32 heavy (non-hydrogen) atoms. The summed E-state index contributed by atoms with van der Waals surface area (Å²) in [4.78, 5) is 0. The van der Waals surface area contributed by atoms with Gasteiger partial charge in [-0.1, -0.05) is 36.4 Å². The molecule has 0 amide bonds. The Kier molecular flexibility index (Phi) is 9.09. The van der Waals surface area contributed by atoms with Crippen molar-refractivity contribution >= 4 is 22.6 Å². The van der Waals surface area contributed by atoms with E-state index in [0.29, 0.717) is 45.1 Å². The fraction of sp³-hybridized carbons (Fsp3) is 0.417. The van der Waals surface area contributed by atoms with Gasteiger partial charge in [0.25, 0.3) is 0 Å². The van der Waals surface area contributed by atoms with E-state index in [1.165, 1.54) is 0 Å². The van der Waals surface area contributed by atoms with Gasteiger partial charge in [-0.3, -0.25) is 0 Å². The van der Waals surface area contributed by atoms with Crippen molar-refractivity contribution < 1.29 is 26.9 Å². The lowest BCUT2D eigenvalue weighted by Gasteiger charge is -2.35. The molecule has 6 nitrogen and oxygen atoms in total. The van der Waals surface area contributed by atoms with Crippen molar-refractivity contribution in [3.8, 4) is 11.5 Å². The molecule has 0 aliphatic carbocycles. The fourth-order valence-electron chi connectivity index (χ4n) is 3.80. The van der Waals surface area contributed by atoms with E-state index in [4.69, 9.17) is 26.9 Å². The zero-order chi connectivity index (χ0) is 22.9. The maximum Gasteiger partial charge on any atom is 0.504 e. The molecule has 1 unspecified atom stereocenters. The quantitative estimate of drug-likeness (QED) is 0.313. The van der Waals surface area contributed by atoms with E-state index in [1.807, 2.05) is 63.2 Å². The van der Waals surface area contributed by atoms with E-state index in [1.54, 1.807) is 0 Å². The Bertz CT molecular complexity index is 846. The summed E-state index contributed by atoms with van der Waals surface area (Å²) in [6.07, 6.45) is 1.88. The normalized spacial score (nSPS) is 18.0. The zero-order valence-corrected chi connectivity index (χ0v) is 21.3. The molecular formula is C24H34O6Si2. The first-order valence-electron chi connectivity index (χ1n) is 11.3. The third-order valence-electron chi connectivity index (χ3n) is 5.16. The lowest BCUT2D eigenvalue weighted by atomic mass is 10.2. The highest BCUT2D eigenvalue weighted by Gasteiger charge is 2.44. The summed E-state index contributed by atoms with van der Waals surface area (Å²) in [7, 11) is -5.33. The van der Waals surface area contributed by atoms with E-state index < -0.39 is 17.4 Å². The molecule has 1 aliphatic heterocycles. The van der Waals surface area contributed by atoms with Crippen molar-refractivity contribution in [2.75, 3.05) is 26.4 Å². The Balaban J connectivity index is 1.69. The highest BCUT2D eigenvalue weighted by molar-refractivity contribution is 6.82. The zero-order valence-electron chi connectivity index (χ0n) is 19.3. The Morgan fingerprint density at radius 1 is 1.00 bits per heavy atom. The smallest absolute Gasteiger partial charge is 0.504 e. The van der Waals surface area contributed by atoms with Crippen molar-refractivity contribution in [1.82, 2.24) is 0 Å². The van der Waals surface area contributed by atoms with Crippen LogP contribution in [0.1, 0.15) is 26.3 Å². The minimum Gasteiger partial charge on any atom is -0.517 e. The molecule has 2 aromatic carbocycles. The summed E-state index contributed by atoms with van der Waals surface area (Å²) in [6.45, 7) is 12.4. The van der Waals surface area contributed by atoms with Gasteiger partial charge in [0.05, 0.1) is 19.3 Å². The number of hydrogen-bond donors (Lipinski definition) is 0. The summed E-state index contributed by atoms with van der Waals surface area (Å²) in [6, 6.07) is 17.4. The molecule has 0 fully saturated rings. The summed E-state index contributed by atoms with van der Waals surface area (Å²) >= 11 is 0. The first-order valence-corrected chi connectivity index (χ1v) is 15.2. The lowest BCUT2D eigenvalue weighted by Crippen LogP contribution is -2.57. The van der Waals surface area contributed by atoms with Gasteiger partial charge < -0.3 is 26.9 Å². The van der Waals surface area contributed by atoms with Crippen LogP contribution in [0, 0.1) is 0 Å². The summed E-state index contributed by atoms with van der Waals surface area (Å²) in [5, 5.41) is 1.11. The van der Waals surface area contributed by atoms with Crippen LogP contribution in [0.25, 0.3) is 0 Å². The molecule has 8 heteroatoms. The van der Waals surface area contributed by atoms with Crippen LogP contribution in [0.15, 0.2) is 61.2 Å². The number of allylic oxidation sites excluding steroid dienone is 1. The number of rotatable bonds is 13. The first-order chi connectivity index (χ1) is 15.6. The van der Waals surface area contributed by atoms with Gasteiger partial charge >= 0.3 is 17.4 Å². The molecular weight excluding hydrogens is 440 g/mol. The Labute approximate surface area is 193 Å². The number of benzene rings is 2. The predicted octanol–water partition coefficient (Wildman–Crippen LogP) is 4.56. The second kappa shape index (κ2) is 11.8. The maximum absolute atomic E-state index is 6.49. The van der Waals surface area contributed by atoms with Crippen LogP contribution in [0.5, 0.6) is 11.5 Å². The third-order valence-corrected chi connectivity index (χ3v) is 11.4. The van der Waals surface area contributed by atoms with Crippen LogP contribution in [0.3, 0.4) is 0 Å². The molecule has 0 spiro atoms. The van der Waals surface area contributed by atoms with E-state index in [2.05, 4.69) is 18.7 Å². The first kappa shape index (κ1) is 24.7. The van der Waals surface area contributed by atoms with Crippen LogP contribution in [-0.2, 0) is 24.3 Å². The molecule has 1 atom stereocenters. The van der Waals surface area contributed by atoms with Crippen LogP contribution < -0.4 is 14.3 Å². The minimum absolute atomic E-state index is 0.450. The molecule has 1 heterocycles. The molecule has 0 bridgehead atoms. The average molecular weight is 475 g/mol. The summed E-state index contributed by atoms with van der Waals surface area (Å²) in [5.41, 5.74) is 0.980. The highest BCUT2D eigenvalue weighted by atomic mass is 28.4. The average Bonchev–Trinajstić information content (AvgIpc) is 2.80. The van der Waals surface area contributed by atoms with Crippen molar-refractivity contribution in [2.45, 2.75) is 39.5 Å². The van der Waals surface area contributed by atoms with Crippen molar-refractivity contribution in [2.24, 2.45) is 0 Å². The molecule has 0 aromatic heterocycles. The van der Waals surface area contributed by atoms with Gasteiger partial charge in [-0.25, -0.2) is 0 Å². The molecule has 0 saturated carbocycles. The van der Waals surface area contributed by atoms with Crippen molar-refractivity contribution in [3.63, 3.8) is 0 Å². The van der Waals surface area contributed by atoms with Gasteiger partial charge in [-0.05, 0) is 39.0 Å². The molecule has 3 rings (SSSR count). The van der Waals surface area contributed by atoms with Gasteiger partial charge in [0.1, 0.15) is 11.5 Å². The van der Waals surface area contributed by atoms with Gasteiger partial charge in [-0.15, -0.1) is 6.58 Å². The van der Waals surface area contributed by atoms with Crippen molar-refractivity contribution in [3.05, 3.63) is 66.7 Å². The molecule has 0 radical (unpaired) electrons. The van der Waals surface area contributed by atoms with Gasteiger partial charge in [0.2, 0.25) is 0 Å². The van der Waals surface area contributed by atoms with Gasteiger partial charge in [0, 0.05) is 36.6 Å². The van der Waals surface area contributed by atoms with E-state index in [0.717, 1.165) is 22.2 Å². The maximum atomic E-state index is 6.49. The summed E-state index contributed by atoms with van der Waals surface area (Å²) < 4.78 is 36.6. The van der Waals surface area contributed by atoms with Crippen LogP contribution in [0.4, 0.5) is 0 Å². The Hall–Kier alpha value is -1.95. The number of hydrogen-bond acceptors (Lipinski definition) is 6. The summed E-state index contributed by atoms with van der Waals surface area (Å²) in [5.74, 6) is 1.61. The Morgan fingerprint density at radius 3 is 2.31 bits per heavy atom. The monoisotopic (exact) mass is 474 g/mol. The number of fused-ring (bicyclic) bond motifs is 1. The van der Waals surface area contributed by atoms with Gasteiger partial charge in [0.15, 0.2) is 0 Å². The van der Waals surface area contributed by atoms with E-state index in [9.17, 15) is 0 Å². The van der Waals surface area contributed by atoms with Crippen LogP contribution in [0.2, 0.25) is 12.1 Å². The molecule has 0 saturated heterocycles. The van der Waals surface area contributed by atoms with E-state index in [-0.39, 0.29) is 0 Å². The predicted molar refractivity (Wildman–Crippen MR) is 130 cm³/mol. The van der Waals surface area contributed by atoms with Crippen LogP contribution in [-0.4, -0.2) is 43.8 Å². The second-order valence-electron chi connectivity index (χ2n) is 7.35. The highest BCUT2D eigenvalue weighted by Crippen LogP contribution is 2.34. The number of ether oxygens (including phenoxy) is 1. The van der Waals surface area contributed by atoms with Gasteiger partial charge in [-0.2, -0.15) is 0 Å². The molecule has 2 aromatic rings. The Morgan fingerprint density at radius 2 is 1.69 bits per heavy atom. The molecule has 174 valence electrons. The standard InChI is InChI=1S/C24H34O6Si2/c1-5-17-31(23-12-10-9-11-13-23)29-20-21-19-22(14-15-24(21)30-31)25-16-18-32(26-6-2,27-7-3)28-8-4/h5,9-15,19H,1,6-8,16-18,20H2,2-4H3. The minimum atomic E-state index is -2.72. The topological polar surface area (TPSA) is 55.4 Å². The third kappa shape index (κ3) is 5.89. The largest absolute Gasteiger partial charge is 0.517 e.